The summed E-state index contributed by atoms with van der Waals surface area (Å²) in [4.78, 5) is 3.26. The van der Waals surface area contributed by atoms with Gasteiger partial charge in [0.15, 0.2) is 0 Å². The van der Waals surface area contributed by atoms with Crippen LogP contribution in [0.4, 0.5) is 5.69 Å². The summed E-state index contributed by atoms with van der Waals surface area (Å²) in [6.45, 7) is 0. The molecule has 0 spiro atoms. The first-order chi connectivity index (χ1) is 7.31. The van der Waals surface area contributed by atoms with Crippen molar-refractivity contribution in [2.75, 3.05) is 12.8 Å². The fraction of sp³-hybridized carbons (Fsp3) is 0.333. The van der Waals surface area contributed by atoms with Crippen LogP contribution in [0.25, 0.3) is 10.9 Å². The Bertz CT molecular complexity index is 512. The molecule has 3 nitrogen and oxygen atoms in total. The first-order valence-corrected chi connectivity index (χ1v) is 5.24. The second-order valence-electron chi connectivity index (χ2n) is 4.13. The van der Waals surface area contributed by atoms with Crippen molar-refractivity contribution in [3.8, 4) is 5.75 Å². The number of nitrogens with one attached hydrogen (secondary N) is 1. The van der Waals surface area contributed by atoms with Crippen molar-refractivity contribution in [2.24, 2.45) is 0 Å². The predicted octanol–water partition coefficient (Wildman–Crippen LogP) is 2.64. The molecular weight excluding hydrogens is 188 g/mol. The average Bonchev–Trinajstić information content (AvgIpc) is 2.99. The molecule has 15 heavy (non-hydrogen) atoms. The third-order valence-electron chi connectivity index (χ3n) is 3.10. The monoisotopic (exact) mass is 202 g/mol. The van der Waals surface area contributed by atoms with E-state index in [1.54, 1.807) is 7.11 Å². The van der Waals surface area contributed by atoms with Crippen LogP contribution in [0, 0.1) is 0 Å². The van der Waals surface area contributed by atoms with Gasteiger partial charge in [0.1, 0.15) is 5.75 Å². The third-order valence-corrected chi connectivity index (χ3v) is 3.10. The van der Waals surface area contributed by atoms with Gasteiger partial charge in [-0.3, -0.25) is 0 Å². The van der Waals surface area contributed by atoms with Crippen LogP contribution < -0.4 is 10.5 Å². The number of aromatic nitrogens is 1. The van der Waals surface area contributed by atoms with Crippen molar-refractivity contribution in [1.29, 1.82) is 0 Å². The van der Waals surface area contributed by atoms with Crippen molar-refractivity contribution in [3.05, 3.63) is 23.9 Å². The molecule has 1 fully saturated rings. The number of aromatic amines is 1. The zero-order chi connectivity index (χ0) is 10.4. The summed E-state index contributed by atoms with van der Waals surface area (Å²) in [7, 11) is 1.68. The van der Waals surface area contributed by atoms with Crippen molar-refractivity contribution in [1.82, 2.24) is 4.98 Å². The van der Waals surface area contributed by atoms with E-state index in [0.29, 0.717) is 5.92 Å². The van der Waals surface area contributed by atoms with E-state index in [2.05, 4.69) is 11.2 Å². The van der Waals surface area contributed by atoms with E-state index < -0.39 is 0 Å². The average molecular weight is 202 g/mol. The van der Waals surface area contributed by atoms with Crippen molar-refractivity contribution in [2.45, 2.75) is 18.8 Å². The van der Waals surface area contributed by atoms with E-state index in [-0.39, 0.29) is 0 Å². The lowest BCUT2D eigenvalue weighted by molar-refractivity contribution is 0.419. The minimum absolute atomic E-state index is 0.702. The lowest BCUT2D eigenvalue weighted by Gasteiger charge is -2.04. The highest BCUT2D eigenvalue weighted by Crippen LogP contribution is 2.45. The molecule has 78 valence electrons. The molecule has 0 unspecified atom stereocenters. The summed E-state index contributed by atoms with van der Waals surface area (Å²) < 4.78 is 5.31. The van der Waals surface area contributed by atoms with E-state index in [1.165, 1.54) is 18.4 Å². The van der Waals surface area contributed by atoms with E-state index in [4.69, 9.17) is 10.5 Å². The Balaban J connectivity index is 2.31. The lowest BCUT2D eigenvalue weighted by Crippen LogP contribution is -1.90. The van der Waals surface area contributed by atoms with Gasteiger partial charge in [-0.15, -0.1) is 0 Å². The fourth-order valence-corrected chi connectivity index (χ4v) is 2.16. The maximum atomic E-state index is 6.02. The Hall–Kier alpha value is -1.64. The second kappa shape index (κ2) is 2.92. The van der Waals surface area contributed by atoms with Crippen molar-refractivity contribution < 1.29 is 4.74 Å². The first kappa shape index (κ1) is 8.65. The van der Waals surface area contributed by atoms with Gasteiger partial charge in [-0.2, -0.15) is 0 Å². The van der Waals surface area contributed by atoms with Crippen LogP contribution in [0.5, 0.6) is 5.75 Å². The Morgan fingerprint density at radius 3 is 2.87 bits per heavy atom. The molecule has 1 aliphatic rings. The molecule has 0 bridgehead atoms. The summed E-state index contributed by atoms with van der Waals surface area (Å²) in [5.74, 6) is 1.57. The van der Waals surface area contributed by atoms with Gasteiger partial charge < -0.3 is 15.5 Å². The number of nitrogen functional groups attached to an aromatic ring is 1. The normalized spacial score (nSPS) is 15.8. The van der Waals surface area contributed by atoms with Crippen LogP contribution in [0.2, 0.25) is 0 Å². The topological polar surface area (TPSA) is 51.0 Å². The number of ether oxygens (including phenoxy) is 1. The van der Waals surface area contributed by atoms with Crippen LogP contribution in [-0.2, 0) is 0 Å². The molecule has 3 N–H and O–H groups in total. The molecule has 2 aromatic rings. The number of rotatable bonds is 2. The van der Waals surface area contributed by atoms with Gasteiger partial charge in [0.05, 0.1) is 12.6 Å². The van der Waals surface area contributed by atoms with Crippen LogP contribution >= 0.6 is 0 Å². The highest BCUT2D eigenvalue weighted by molar-refractivity contribution is 5.98. The zero-order valence-corrected chi connectivity index (χ0v) is 8.71. The number of hydrogen-bond acceptors (Lipinski definition) is 2. The van der Waals surface area contributed by atoms with Crippen molar-refractivity contribution >= 4 is 16.6 Å². The number of hydrogen-bond donors (Lipinski definition) is 2. The van der Waals surface area contributed by atoms with Crippen molar-refractivity contribution in [3.63, 3.8) is 0 Å². The molecule has 1 aliphatic carbocycles. The van der Waals surface area contributed by atoms with Gasteiger partial charge >= 0.3 is 0 Å². The molecule has 0 radical (unpaired) electrons. The summed E-state index contributed by atoms with van der Waals surface area (Å²) in [6.07, 6.45) is 4.63. The third kappa shape index (κ3) is 1.19. The summed E-state index contributed by atoms with van der Waals surface area (Å²) in [6, 6.07) is 3.83. The molecule has 3 rings (SSSR count). The van der Waals surface area contributed by atoms with Gasteiger partial charge in [0, 0.05) is 17.3 Å². The Kier molecular flexibility index (Phi) is 1.69. The quantitative estimate of drug-likeness (QED) is 0.735. The second-order valence-corrected chi connectivity index (χ2v) is 4.13. The molecule has 0 amide bonds. The molecule has 0 saturated heterocycles. The number of fused-ring (bicyclic) bond motifs is 1. The van der Waals surface area contributed by atoms with Gasteiger partial charge in [-0.1, -0.05) is 0 Å². The van der Waals surface area contributed by atoms with Gasteiger partial charge in [0.25, 0.3) is 0 Å². The lowest BCUT2D eigenvalue weighted by atomic mass is 10.1. The van der Waals surface area contributed by atoms with Crippen LogP contribution in [0.3, 0.4) is 0 Å². The molecule has 1 heterocycles. The van der Waals surface area contributed by atoms with E-state index in [0.717, 1.165) is 22.3 Å². The highest BCUT2D eigenvalue weighted by atomic mass is 16.5. The maximum Gasteiger partial charge on any atom is 0.143 e. The minimum atomic E-state index is 0.702. The fourth-order valence-electron chi connectivity index (χ4n) is 2.16. The Labute approximate surface area is 88.2 Å². The van der Waals surface area contributed by atoms with E-state index >= 15 is 0 Å². The number of benzene rings is 1. The molecule has 1 aromatic heterocycles. The van der Waals surface area contributed by atoms with Gasteiger partial charge in [0.2, 0.25) is 0 Å². The van der Waals surface area contributed by atoms with E-state index in [1.807, 2.05) is 12.1 Å². The summed E-state index contributed by atoms with van der Waals surface area (Å²) >= 11 is 0. The number of methoxy groups -OCH3 is 1. The minimum Gasteiger partial charge on any atom is -0.495 e. The van der Waals surface area contributed by atoms with Gasteiger partial charge in [-0.25, -0.2) is 0 Å². The maximum absolute atomic E-state index is 6.02. The van der Waals surface area contributed by atoms with Crippen LogP contribution in [0.1, 0.15) is 24.3 Å². The molecule has 1 saturated carbocycles. The SMILES string of the molecule is COc1ccc(N)c2c(C3CC3)c[nH]c12. The molecule has 0 atom stereocenters. The number of anilines is 1. The molecule has 1 aromatic carbocycles. The Morgan fingerprint density at radius 2 is 2.20 bits per heavy atom. The van der Waals surface area contributed by atoms with Gasteiger partial charge in [-0.05, 0) is 36.5 Å². The van der Waals surface area contributed by atoms with Crippen LogP contribution in [0.15, 0.2) is 18.3 Å². The summed E-state index contributed by atoms with van der Waals surface area (Å²) in [5, 5.41) is 1.15. The Morgan fingerprint density at radius 1 is 1.40 bits per heavy atom. The first-order valence-electron chi connectivity index (χ1n) is 5.24. The summed E-state index contributed by atoms with van der Waals surface area (Å²) in [5.41, 5.74) is 9.23. The standard InChI is InChI=1S/C12H14N2O/c1-15-10-5-4-9(13)11-8(7-2-3-7)6-14-12(10)11/h4-7,14H,2-3,13H2,1H3. The van der Waals surface area contributed by atoms with E-state index in [9.17, 15) is 0 Å². The number of nitrogens with two attached hydrogens (primary N) is 1. The molecular formula is C12H14N2O. The highest BCUT2D eigenvalue weighted by Gasteiger charge is 2.27. The molecule has 0 aliphatic heterocycles. The predicted molar refractivity (Wildman–Crippen MR) is 61.2 cm³/mol. The molecule has 3 heteroatoms. The van der Waals surface area contributed by atoms with Crippen LogP contribution in [-0.4, -0.2) is 12.1 Å². The largest absolute Gasteiger partial charge is 0.495 e. The smallest absolute Gasteiger partial charge is 0.143 e. The zero-order valence-electron chi connectivity index (χ0n) is 8.71. The number of H-pyrrole nitrogens is 1.